The topological polar surface area (TPSA) is 37.8 Å². The number of hydrogen-bond donors (Lipinski definition) is 1. The van der Waals surface area contributed by atoms with Gasteiger partial charge in [-0.1, -0.05) is 20.8 Å². The van der Waals surface area contributed by atoms with Gasteiger partial charge in [0, 0.05) is 29.9 Å². The maximum atomic E-state index is 4.87. The van der Waals surface area contributed by atoms with Gasteiger partial charge in [-0.15, -0.1) is 0 Å². The number of fused-ring (bicyclic) bond motifs is 1. The molecule has 1 atom stereocenters. The molecule has 2 aliphatic carbocycles. The standard InChI is InChI=1S/C16H25N3/c1-4-17-13-8-16(2,3)9-14-12(13)10-18-15(19-14)7-11-5-6-11/h10-11,13,17H,4-9H2,1-3H3. The van der Waals surface area contributed by atoms with Crippen molar-refractivity contribution in [1.29, 1.82) is 0 Å². The Kier molecular flexibility index (Phi) is 3.34. The molecule has 0 bridgehead atoms. The summed E-state index contributed by atoms with van der Waals surface area (Å²) in [6.07, 6.45) is 8.17. The summed E-state index contributed by atoms with van der Waals surface area (Å²) in [6, 6.07) is 0.429. The lowest BCUT2D eigenvalue weighted by atomic mass is 9.74. The zero-order chi connectivity index (χ0) is 13.5. The predicted molar refractivity (Wildman–Crippen MR) is 77.0 cm³/mol. The van der Waals surface area contributed by atoms with E-state index in [4.69, 9.17) is 4.98 Å². The van der Waals surface area contributed by atoms with Gasteiger partial charge in [0.1, 0.15) is 5.82 Å². The molecule has 2 aliphatic rings. The number of nitrogens with one attached hydrogen (secondary N) is 1. The van der Waals surface area contributed by atoms with Gasteiger partial charge < -0.3 is 5.32 Å². The van der Waals surface area contributed by atoms with Gasteiger partial charge in [-0.25, -0.2) is 9.97 Å². The highest BCUT2D eigenvalue weighted by molar-refractivity contribution is 5.27. The number of hydrogen-bond acceptors (Lipinski definition) is 3. The van der Waals surface area contributed by atoms with Crippen molar-refractivity contribution in [3.8, 4) is 0 Å². The zero-order valence-corrected chi connectivity index (χ0v) is 12.4. The first-order valence-electron chi connectivity index (χ1n) is 7.65. The molecule has 1 heterocycles. The van der Waals surface area contributed by atoms with Gasteiger partial charge in [0.25, 0.3) is 0 Å². The van der Waals surface area contributed by atoms with Crippen LogP contribution in [0.25, 0.3) is 0 Å². The minimum atomic E-state index is 0.338. The van der Waals surface area contributed by atoms with Crippen LogP contribution in [0.4, 0.5) is 0 Å². The molecule has 1 N–H and O–H groups in total. The first-order valence-corrected chi connectivity index (χ1v) is 7.65. The Morgan fingerprint density at radius 1 is 1.37 bits per heavy atom. The van der Waals surface area contributed by atoms with Crippen LogP contribution in [0.5, 0.6) is 0 Å². The SMILES string of the molecule is CCNC1CC(C)(C)Cc2nc(CC3CC3)ncc21. The van der Waals surface area contributed by atoms with Gasteiger partial charge in [-0.05, 0) is 43.6 Å². The largest absolute Gasteiger partial charge is 0.310 e. The van der Waals surface area contributed by atoms with Crippen LogP contribution < -0.4 is 5.32 Å². The van der Waals surface area contributed by atoms with Gasteiger partial charge >= 0.3 is 0 Å². The molecule has 1 saturated carbocycles. The summed E-state index contributed by atoms with van der Waals surface area (Å²) in [6.45, 7) is 7.87. The minimum absolute atomic E-state index is 0.338. The lowest BCUT2D eigenvalue weighted by Gasteiger charge is -2.36. The van der Waals surface area contributed by atoms with Crippen LogP contribution in [-0.4, -0.2) is 16.5 Å². The van der Waals surface area contributed by atoms with E-state index in [1.807, 2.05) is 0 Å². The van der Waals surface area contributed by atoms with Gasteiger partial charge in [-0.3, -0.25) is 0 Å². The van der Waals surface area contributed by atoms with Crippen molar-refractivity contribution in [3.63, 3.8) is 0 Å². The Bertz CT molecular complexity index is 463. The maximum Gasteiger partial charge on any atom is 0.128 e. The van der Waals surface area contributed by atoms with Crippen LogP contribution >= 0.6 is 0 Å². The molecule has 0 spiro atoms. The van der Waals surface area contributed by atoms with Crippen molar-refractivity contribution >= 4 is 0 Å². The van der Waals surface area contributed by atoms with Gasteiger partial charge in [0.05, 0.1) is 0 Å². The van der Waals surface area contributed by atoms with Gasteiger partial charge in [-0.2, -0.15) is 0 Å². The zero-order valence-electron chi connectivity index (χ0n) is 12.4. The third-order valence-electron chi connectivity index (χ3n) is 4.35. The fraction of sp³-hybridized carbons (Fsp3) is 0.750. The van der Waals surface area contributed by atoms with Crippen molar-refractivity contribution in [1.82, 2.24) is 15.3 Å². The van der Waals surface area contributed by atoms with E-state index in [1.165, 1.54) is 30.5 Å². The molecule has 0 saturated heterocycles. The summed E-state index contributed by atoms with van der Waals surface area (Å²) in [5.74, 6) is 1.92. The Labute approximate surface area is 116 Å². The highest BCUT2D eigenvalue weighted by atomic mass is 14.9. The number of rotatable bonds is 4. The second-order valence-corrected chi connectivity index (χ2v) is 6.99. The molecule has 104 valence electrons. The summed E-state index contributed by atoms with van der Waals surface area (Å²) in [7, 11) is 0. The van der Waals surface area contributed by atoms with Crippen LogP contribution in [-0.2, 0) is 12.8 Å². The summed E-state index contributed by atoms with van der Waals surface area (Å²) < 4.78 is 0. The minimum Gasteiger partial charge on any atom is -0.310 e. The molecule has 1 aromatic rings. The van der Waals surface area contributed by atoms with E-state index in [0.717, 1.165) is 31.1 Å². The molecule has 3 heteroatoms. The quantitative estimate of drug-likeness (QED) is 0.903. The maximum absolute atomic E-state index is 4.87. The van der Waals surface area contributed by atoms with Crippen LogP contribution in [0.1, 0.15) is 63.2 Å². The van der Waals surface area contributed by atoms with E-state index in [-0.39, 0.29) is 0 Å². The van der Waals surface area contributed by atoms with Gasteiger partial charge in [0.15, 0.2) is 0 Å². The summed E-state index contributed by atoms with van der Waals surface area (Å²) in [5.41, 5.74) is 2.96. The highest BCUT2D eigenvalue weighted by Crippen LogP contribution is 2.40. The van der Waals surface area contributed by atoms with E-state index >= 15 is 0 Å². The first-order chi connectivity index (χ1) is 9.07. The van der Waals surface area contributed by atoms with Gasteiger partial charge in [0.2, 0.25) is 0 Å². The molecule has 3 nitrogen and oxygen atoms in total. The summed E-state index contributed by atoms with van der Waals surface area (Å²) >= 11 is 0. The molecule has 0 amide bonds. The smallest absolute Gasteiger partial charge is 0.128 e. The van der Waals surface area contributed by atoms with Crippen molar-refractivity contribution < 1.29 is 0 Å². The Morgan fingerprint density at radius 3 is 2.84 bits per heavy atom. The van der Waals surface area contributed by atoms with Crippen molar-refractivity contribution in [3.05, 3.63) is 23.3 Å². The van der Waals surface area contributed by atoms with E-state index in [1.54, 1.807) is 0 Å². The lowest BCUT2D eigenvalue weighted by Crippen LogP contribution is -2.34. The molecular weight excluding hydrogens is 234 g/mol. The van der Waals surface area contributed by atoms with E-state index in [2.05, 4.69) is 37.3 Å². The average molecular weight is 259 g/mol. The van der Waals surface area contributed by atoms with Crippen molar-refractivity contribution in [2.75, 3.05) is 6.54 Å². The molecular formula is C16H25N3. The Balaban J connectivity index is 1.88. The van der Waals surface area contributed by atoms with E-state index in [9.17, 15) is 0 Å². The number of aromatic nitrogens is 2. The molecule has 3 rings (SSSR count). The van der Waals surface area contributed by atoms with Crippen LogP contribution in [0.3, 0.4) is 0 Å². The van der Waals surface area contributed by atoms with Crippen molar-refractivity contribution in [2.45, 2.75) is 58.9 Å². The fourth-order valence-corrected chi connectivity index (χ4v) is 3.20. The van der Waals surface area contributed by atoms with Crippen LogP contribution in [0, 0.1) is 11.3 Å². The van der Waals surface area contributed by atoms with Crippen LogP contribution in [0.2, 0.25) is 0 Å². The third-order valence-corrected chi connectivity index (χ3v) is 4.35. The summed E-state index contributed by atoms with van der Waals surface area (Å²) in [5, 5.41) is 3.59. The molecule has 19 heavy (non-hydrogen) atoms. The Hall–Kier alpha value is -0.960. The summed E-state index contributed by atoms with van der Waals surface area (Å²) in [4.78, 5) is 9.47. The molecule has 1 fully saturated rings. The third kappa shape index (κ3) is 2.97. The monoisotopic (exact) mass is 259 g/mol. The number of nitrogens with zero attached hydrogens (tertiary/aromatic N) is 2. The van der Waals surface area contributed by atoms with Crippen LogP contribution in [0.15, 0.2) is 6.20 Å². The van der Waals surface area contributed by atoms with Crippen molar-refractivity contribution in [2.24, 2.45) is 11.3 Å². The second kappa shape index (κ2) is 4.86. The molecule has 1 unspecified atom stereocenters. The second-order valence-electron chi connectivity index (χ2n) is 6.99. The van der Waals surface area contributed by atoms with E-state index < -0.39 is 0 Å². The average Bonchev–Trinajstić information content (AvgIpc) is 3.11. The predicted octanol–water partition coefficient (Wildman–Crippen LogP) is 3.05. The fourth-order valence-electron chi connectivity index (χ4n) is 3.20. The molecule has 0 aromatic carbocycles. The van der Waals surface area contributed by atoms with E-state index in [0.29, 0.717) is 11.5 Å². The Morgan fingerprint density at radius 2 is 2.16 bits per heavy atom. The lowest BCUT2D eigenvalue weighted by molar-refractivity contribution is 0.255. The molecule has 0 radical (unpaired) electrons. The normalized spacial score (nSPS) is 25.1. The molecule has 0 aliphatic heterocycles. The molecule has 1 aromatic heterocycles. The first kappa shape index (κ1) is 13.0. The highest BCUT2D eigenvalue weighted by Gasteiger charge is 2.33.